The van der Waals surface area contributed by atoms with Crippen LogP contribution >= 0.6 is 0 Å². The van der Waals surface area contributed by atoms with Gasteiger partial charge in [0.25, 0.3) is 11.5 Å². The van der Waals surface area contributed by atoms with Crippen LogP contribution < -0.4 is 10.9 Å². The predicted octanol–water partition coefficient (Wildman–Crippen LogP) is 3.31. The van der Waals surface area contributed by atoms with Crippen molar-refractivity contribution in [1.82, 2.24) is 19.7 Å². The Balaban J connectivity index is 1.48. The number of pyridine rings is 2. The van der Waals surface area contributed by atoms with Gasteiger partial charge in [-0.1, -0.05) is 30.3 Å². The van der Waals surface area contributed by atoms with E-state index >= 15 is 0 Å². The van der Waals surface area contributed by atoms with Crippen molar-refractivity contribution in [1.29, 1.82) is 0 Å². The fourth-order valence-corrected chi connectivity index (χ4v) is 3.30. The molecule has 3 aromatic heterocycles. The van der Waals surface area contributed by atoms with Crippen LogP contribution in [0.15, 0.2) is 71.8 Å². The zero-order chi connectivity index (χ0) is 22.7. The Morgan fingerprint density at radius 3 is 2.41 bits per heavy atom. The highest BCUT2D eigenvalue weighted by Gasteiger charge is 2.15. The molecule has 32 heavy (non-hydrogen) atoms. The van der Waals surface area contributed by atoms with E-state index in [2.05, 4.69) is 20.4 Å². The maximum atomic E-state index is 12.6. The lowest BCUT2D eigenvalue weighted by Crippen LogP contribution is -2.20. The molecule has 1 aromatic carbocycles. The van der Waals surface area contributed by atoms with E-state index < -0.39 is 0 Å². The molecule has 0 saturated heterocycles. The number of benzene rings is 1. The highest BCUT2D eigenvalue weighted by molar-refractivity contribution is 6.04. The fraction of sp³-hybridized carbons (Fsp3) is 0.125. The minimum absolute atomic E-state index is 0.0613. The number of carbonyl (C=O) groups is 2. The Morgan fingerprint density at radius 2 is 1.78 bits per heavy atom. The van der Waals surface area contributed by atoms with Crippen molar-refractivity contribution in [2.24, 2.45) is 0 Å². The van der Waals surface area contributed by atoms with Crippen molar-refractivity contribution in [3.05, 3.63) is 94.2 Å². The van der Waals surface area contributed by atoms with Crippen molar-refractivity contribution < 1.29 is 9.59 Å². The van der Waals surface area contributed by atoms with Crippen LogP contribution in [-0.2, 0) is 11.2 Å². The zero-order valence-corrected chi connectivity index (χ0v) is 17.6. The standard InChI is InChI=1S/C24H21N5O3/c1-15(30)12-20-16(2)28-29(24(20)32)22-11-8-18(13-26-22)23(31)27-19-9-10-21(25-14-19)17-6-4-3-5-7-17/h3-11,13-14,28H,12H2,1-2H3,(H,27,31). The molecule has 0 aliphatic carbocycles. The van der Waals surface area contributed by atoms with Gasteiger partial charge in [-0.15, -0.1) is 0 Å². The van der Waals surface area contributed by atoms with Gasteiger partial charge in [-0.25, -0.2) is 9.67 Å². The molecule has 0 aliphatic rings. The van der Waals surface area contributed by atoms with Crippen molar-refractivity contribution in [3.8, 4) is 17.1 Å². The maximum Gasteiger partial charge on any atom is 0.276 e. The highest BCUT2D eigenvalue weighted by atomic mass is 16.2. The van der Waals surface area contributed by atoms with Crippen LogP contribution in [0.25, 0.3) is 17.1 Å². The molecule has 0 atom stereocenters. The average molecular weight is 427 g/mol. The summed E-state index contributed by atoms with van der Waals surface area (Å²) in [6.45, 7) is 3.17. The molecule has 0 bridgehead atoms. The lowest BCUT2D eigenvalue weighted by molar-refractivity contribution is -0.116. The molecule has 4 rings (SSSR count). The Morgan fingerprint density at radius 1 is 1.00 bits per heavy atom. The van der Waals surface area contributed by atoms with E-state index in [-0.39, 0.29) is 23.7 Å². The first-order chi connectivity index (χ1) is 15.4. The summed E-state index contributed by atoms with van der Waals surface area (Å²) < 4.78 is 1.27. The summed E-state index contributed by atoms with van der Waals surface area (Å²) >= 11 is 0. The Labute approximate surface area is 184 Å². The van der Waals surface area contributed by atoms with Gasteiger partial charge < -0.3 is 5.32 Å². The van der Waals surface area contributed by atoms with Gasteiger partial charge in [0.15, 0.2) is 5.82 Å². The molecule has 0 unspecified atom stereocenters. The molecule has 0 radical (unpaired) electrons. The molecule has 1 amide bonds. The first kappa shape index (κ1) is 20.9. The lowest BCUT2D eigenvalue weighted by atomic mass is 10.1. The first-order valence-electron chi connectivity index (χ1n) is 10.0. The number of aromatic nitrogens is 4. The lowest BCUT2D eigenvalue weighted by Gasteiger charge is -2.07. The third-order valence-electron chi connectivity index (χ3n) is 4.95. The summed E-state index contributed by atoms with van der Waals surface area (Å²) in [4.78, 5) is 45.2. The third-order valence-corrected chi connectivity index (χ3v) is 4.95. The van der Waals surface area contributed by atoms with Crippen LogP contribution in [0, 0.1) is 6.92 Å². The van der Waals surface area contributed by atoms with Gasteiger partial charge in [-0.3, -0.25) is 24.5 Å². The largest absolute Gasteiger partial charge is 0.321 e. The van der Waals surface area contributed by atoms with Crippen molar-refractivity contribution in [2.45, 2.75) is 20.3 Å². The van der Waals surface area contributed by atoms with Crippen LogP contribution in [0.4, 0.5) is 5.69 Å². The Kier molecular flexibility index (Phi) is 5.76. The highest BCUT2D eigenvalue weighted by Crippen LogP contribution is 2.18. The van der Waals surface area contributed by atoms with Crippen molar-refractivity contribution in [3.63, 3.8) is 0 Å². The van der Waals surface area contributed by atoms with Gasteiger partial charge in [-0.05, 0) is 38.1 Å². The molecule has 0 spiro atoms. The van der Waals surface area contributed by atoms with Gasteiger partial charge in [0.1, 0.15) is 5.78 Å². The van der Waals surface area contributed by atoms with Gasteiger partial charge in [0.05, 0.1) is 23.1 Å². The number of ketones is 1. The minimum Gasteiger partial charge on any atom is -0.321 e. The summed E-state index contributed by atoms with van der Waals surface area (Å²) in [7, 11) is 0. The normalized spacial score (nSPS) is 10.7. The monoisotopic (exact) mass is 427 g/mol. The molecule has 3 heterocycles. The summed E-state index contributed by atoms with van der Waals surface area (Å²) in [6, 6.07) is 16.5. The molecule has 0 saturated carbocycles. The minimum atomic E-state index is -0.342. The molecule has 8 heteroatoms. The van der Waals surface area contributed by atoms with Crippen LogP contribution in [0.1, 0.15) is 28.5 Å². The summed E-state index contributed by atoms with van der Waals surface area (Å²) in [5.41, 5.74) is 3.39. The van der Waals surface area contributed by atoms with Gasteiger partial charge in [0.2, 0.25) is 0 Å². The van der Waals surface area contributed by atoms with Crippen LogP contribution in [0.5, 0.6) is 0 Å². The van der Waals surface area contributed by atoms with E-state index in [9.17, 15) is 14.4 Å². The number of hydrogen-bond donors (Lipinski definition) is 2. The van der Waals surface area contributed by atoms with E-state index in [4.69, 9.17) is 0 Å². The predicted molar refractivity (Wildman–Crippen MR) is 121 cm³/mol. The molecule has 160 valence electrons. The second kappa shape index (κ2) is 8.81. The van der Waals surface area contributed by atoms with E-state index in [0.717, 1.165) is 11.3 Å². The first-order valence-corrected chi connectivity index (χ1v) is 10.0. The number of aryl methyl sites for hydroxylation is 1. The van der Waals surface area contributed by atoms with E-state index in [1.54, 1.807) is 31.3 Å². The number of amides is 1. The number of nitrogens with zero attached hydrogens (tertiary/aromatic N) is 3. The fourth-order valence-electron chi connectivity index (χ4n) is 3.30. The molecular weight excluding hydrogens is 406 g/mol. The molecule has 2 N–H and O–H groups in total. The molecule has 0 fully saturated rings. The van der Waals surface area contributed by atoms with Crippen LogP contribution in [0.2, 0.25) is 0 Å². The number of aromatic amines is 1. The van der Waals surface area contributed by atoms with Crippen molar-refractivity contribution >= 4 is 17.4 Å². The summed E-state index contributed by atoms with van der Waals surface area (Å²) in [5, 5.41) is 5.71. The van der Waals surface area contributed by atoms with Gasteiger partial charge >= 0.3 is 0 Å². The number of carbonyl (C=O) groups excluding carboxylic acids is 2. The number of Topliss-reactive ketones (excluding diaryl/α,β-unsaturated/α-hetero) is 1. The number of rotatable bonds is 6. The van der Waals surface area contributed by atoms with Crippen molar-refractivity contribution in [2.75, 3.05) is 5.32 Å². The molecule has 8 nitrogen and oxygen atoms in total. The van der Waals surface area contributed by atoms with Crippen LogP contribution in [0.3, 0.4) is 0 Å². The maximum absolute atomic E-state index is 12.6. The number of H-pyrrole nitrogens is 1. The molecule has 0 aliphatic heterocycles. The number of nitrogens with one attached hydrogen (secondary N) is 2. The van der Waals surface area contributed by atoms with Crippen LogP contribution in [-0.4, -0.2) is 31.4 Å². The summed E-state index contributed by atoms with van der Waals surface area (Å²) in [6.07, 6.45) is 3.05. The molecular formula is C24H21N5O3. The third kappa shape index (κ3) is 4.39. The topological polar surface area (TPSA) is 110 Å². The molecule has 4 aromatic rings. The smallest absolute Gasteiger partial charge is 0.276 e. The van der Waals surface area contributed by atoms with Gasteiger partial charge in [-0.2, -0.15) is 0 Å². The SMILES string of the molecule is CC(=O)Cc1c(C)[nH]n(-c2ccc(C(=O)Nc3ccc(-c4ccccc4)nc3)cn2)c1=O. The van der Waals surface area contributed by atoms with E-state index in [0.29, 0.717) is 28.3 Å². The zero-order valence-electron chi connectivity index (χ0n) is 17.6. The Hall–Kier alpha value is -4.33. The van der Waals surface area contributed by atoms with Gasteiger partial charge in [0, 0.05) is 29.4 Å². The van der Waals surface area contributed by atoms with E-state index in [1.165, 1.54) is 17.8 Å². The quantitative estimate of drug-likeness (QED) is 0.491. The number of anilines is 1. The summed E-state index contributed by atoms with van der Waals surface area (Å²) in [5.74, 6) is -0.105. The number of hydrogen-bond acceptors (Lipinski definition) is 5. The average Bonchev–Trinajstić information content (AvgIpc) is 3.08. The second-order valence-corrected chi connectivity index (χ2v) is 7.39. The van der Waals surface area contributed by atoms with E-state index in [1.807, 2.05) is 36.4 Å². The Bertz CT molecular complexity index is 1320. The second-order valence-electron chi connectivity index (χ2n) is 7.39.